The van der Waals surface area contributed by atoms with E-state index in [4.69, 9.17) is 9.72 Å². The van der Waals surface area contributed by atoms with Crippen LogP contribution in [-0.4, -0.2) is 56.3 Å². The van der Waals surface area contributed by atoms with Gasteiger partial charge in [-0.15, -0.1) is 0 Å². The van der Waals surface area contributed by atoms with E-state index in [9.17, 15) is 0 Å². The van der Waals surface area contributed by atoms with E-state index in [-0.39, 0.29) is 0 Å². The first-order valence-corrected chi connectivity index (χ1v) is 8.12. The van der Waals surface area contributed by atoms with Crippen molar-refractivity contribution in [3.63, 3.8) is 0 Å². The zero-order valence-corrected chi connectivity index (χ0v) is 14.1. The van der Waals surface area contributed by atoms with Crippen molar-refractivity contribution in [1.82, 2.24) is 9.88 Å². The molecule has 21 heavy (non-hydrogen) atoms. The van der Waals surface area contributed by atoms with Crippen LogP contribution in [0.4, 0.5) is 5.82 Å². The summed E-state index contributed by atoms with van der Waals surface area (Å²) in [4.78, 5) is 9.49. The molecule has 3 heterocycles. The van der Waals surface area contributed by atoms with Gasteiger partial charge in [0.15, 0.2) is 0 Å². The predicted octanol–water partition coefficient (Wildman–Crippen LogP) is 2.67. The number of rotatable bonds is 3. The SMILES string of the molecule is CC.Cc1ccc(C2CCOC2)c(N2CC(N(C)C)C2)n1. The fourth-order valence-electron chi connectivity index (χ4n) is 2.86. The number of aromatic nitrogens is 1. The lowest BCUT2D eigenvalue weighted by atomic mass is 9.96. The van der Waals surface area contributed by atoms with Gasteiger partial charge < -0.3 is 14.5 Å². The summed E-state index contributed by atoms with van der Waals surface area (Å²) >= 11 is 0. The van der Waals surface area contributed by atoms with E-state index in [0.29, 0.717) is 12.0 Å². The summed E-state index contributed by atoms with van der Waals surface area (Å²) in [5.74, 6) is 1.72. The second-order valence-electron chi connectivity index (χ2n) is 5.95. The van der Waals surface area contributed by atoms with Crippen LogP contribution in [0, 0.1) is 6.92 Å². The summed E-state index contributed by atoms with van der Waals surface area (Å²) in [5, 5.41) is 0. The van der Waals surface area contributed by atoms with Gasteiger partial charge >= 0.3 is 0 Å². The van der Waals surface area contributed by atoms with Gasteiger partial charge in [0.1, 0.15) is 5.82 Å². The maximum atomic E-state index is 5.53. The Morgan fingerprint density at radius 2 is 1.95 bits per heavy atom. The van der Waals surface area contributed by atoms with Gasteiger partial charge in [0.2, 0.25) is 0 Å². The maximum absolute atomic E-state index is 5.53. The molecular weight excluding hydrogens is 262 g/mol. The smallest absolute Gasteiger partial charge is 0.132 e. The van der Waals surface area contributed by atoms with Crippen molar-refractivity contribution >= 4 is 5.82 Å². The summed E-state index contributed by atoms with van der Waals surface area (Å²) in [6, 6.07) is 5.04. The largest absolute Gasteiger partial charge is 0.381 e. The molecule has 0 saturated carbocycles. The first-order valence-electron chi connectivity index (χ1n) is 8.12. The molecule has 3 rings (SSSR count). The first kappa shape index (κ1) is 16.2. The number of anilines is 1. The van der Waals surface area contributed by atoms with E-state index in [2.05, 4.69) is 43.0 Å². The van der Waals surface area contributed by atoms with Crippen LogP contribution >= 0.6 is 0 Å². The molecule has 0 amide bonds. The molecular formula is C17H29N3O. The van der Waals surface area contributed by atoms with E-state index in [1.165, 1.54) is 11.4 Å². The van der Waals surface area contributed by atoms with Gasteiger partial charge in [0, 0.05) is 42.9 Å². The van der Waals surface area contributed by atoms with Crippen LogP contribution in [0.2, 0.25) is 0 Å². The minimum Gasteiger partial charge on any atom is -0.381 e. The predicted molar refractivity (Wildman–Crippen MR) is 88.2 cm³/mol. The first-order chi connectivity index (χ1) is 10.1. The number of nitrogens with zero attached hydrogens (tertiary/aromatic N) is 3. The van der Waals surface area contributed by atoms with Gasteiger partial charge in [-0.1, -0.05) is 19.9 Å². The fourth-order valence-corrected chi connectivity index (χ4v) is 2.86. The number of pyridine rings is 1. The zero-order chi connectivity index (χ0) is 15.4. The molecule has 0 spiro atoms. The quantitative estimate of drug-likeness (QED) is 0.856. The third-order valence-electron chi connectivity index (χ3n) is 4.31. The third kappa shape index (κ3) is 3.55. The lowest BCUT2D eigenvalue weighted by Gasteiger charge is -2.44. The second kappa shape index (κ2) is 7.23. The summed E-state index contributed by atoms with van der Waals surface area (Å²) in [6.45, 7) is 9.98. The Morgan fingerprint density at radius 1 is 1.24 bits per heavy atom. The molecule has 1 atom stereocenters. The normalized spacial score (nSPS) is 22.0. The van der Waals surface area contributed by atoms with E-state index in [1.807, 2.05) is 13.8 Å². The number of aryl methyl sites for hydroxylation is 1. The molecule has 1 unspecified atom stereocenters. The Morgan fingerprint density at radius 3 is 2.52 bits per heavy atom. The van der Waals surface area contributed by atoms with Crippen LogP contribution in [0.15, 0.2) is 12.1 Å². The lowest BCUT2D eigenvalue weighted by molar-refractivity contribution is 0.193. The maximum Gasteiger partial charge on any atom is 0.132 e. The highest BCUT2D eigenvalue weighted by atomic mass is 16.5. The molecule has 0 aromatic carbocycles. The minimum atomic E-state index is 0.529. The highest BCUT2D eigenvalue weighted by Crippen LogP contribution is 2.34. The van der Waals surface area contributed by atoms with Crippen LogP contribution in [0.25, 0.3) is 0 Å². The molecule has 1 aromatic heterocycles. The van der Waals surface area contributed by atoms with Crippen LogP contribution in [0.3, 0.4) is 0 Å². The van der Waals surface area contributed by atoms with Crippen LogP contribution in [-0.2, 0) is 4.74 Å². The topological polar surface area (TPSA) is 28.6 Å². The van der Waals surface area contributed by atoms with Crippen molar-refractivity contribution in [3.8, 4) is 0 Å². The van der Waals surface area contributed by atoms with Crippen molar-refractivity contribution in [2.24, 2.45) is 0 Å². The molecule has 118 valence electrons. The van der Waals surface area contributed by atoms with Gasteiger partial charge in [-0.05, 0) is 33.5 Å². The molecule has 4 heteroatoms. The van der Waals surface area contributed by atoms with Crippen molar-refractivity contribution in [1.29, 1.82) is 0 Å². The molecule has 2 aliphatic rings. The summed E-state index contributed by atoms with van der Waals surface area (Å²) in [7, 11) is 4.30. The highest BCUT2D eigenvalue weighted by molar-refractivity contribution is 5.52. The van der Waals surface area contributed by atoms with Crippen LogP contribution in [0.1, 0.15) is 37.4 Å². The van der Waals surface area contributed by atoms with E-state index < -0.39 is 0 Å². The number of hydrogen-bond donors (Lipinski definition) is 0. The van der Waals surface area contributed by atoms with Gasteiger partial charge in [-0.2, -0.15) is 0 Å². The average molecular weight is 291 g/mol. The molecule has 4 nitrogen and oxygen atoms in total. The molecule has 1 aromatic rings. The molecule has 2 aliphatic heterocycles. The average Bonchev–Trinajstić information content (AvgIpc) is 2.93. The summed E-state index contributed by atoms with van der Waals surface area (Å²) in [5.41, 5.74) is 2.48. The number of hydrogen-bond acceptors (Lipinski definition) is 4. The van der Waals surface area contributed by atoms with Gasteiger partial charge in [0.25, 0.3) is 0 Å². The fraction of sp³-hybridized carbons (Fsp3) is 0.706. The molecule has 2 fully saturated rings. The van der Waals surface area contributed by atoms with E-state index >= 15 is 0 Å². The summed E-state index contributed by atoms with van der Waals surface area (Å²) < 4.78 is 5.53. The lowest BCUT2D eigenvalue weighted by Crippen LogP contribution is -2.58. The Hall–Kier alpha value is -1.13. The van der Waals surface area contributed by atoms with Crippen LogP contribution < -0.4 is 4.90 Å². The molecule has 0 aliphatic carbocycles. The third-order valence-corrected chi connectivity index (χ3v) is 4.31. The van der Waals surface area contributed by atoms with Crippen molar-refractivity contribution < 1.29 is 4.74 Å². The Kier molecular flexibility index (Phi) is 5.59. The Bertz CT molecular complexity index is 449. The standard InChI is InChI=1S/C15H23N3O.C2H6/c1-11-4-5-14(12-6-7-19-10-12)15(16-11)18-8-13(9-18)17(2)3;1-2/h4-5,12-13H,6-10H2,1-3H3;1-2H3. The van der Waals surface area contributed by atoms with Crippen molar-refractivity contribution in [2.75, 3.05) is 45.3 Å². The molecule has 2 saturated heterocycles. The van der Waals surface area contributed by atoms with E-state index in [1.54, 1.807) is 0 Å². The molecule has 0 radical (unpaired) electrons. The Balaban J connectivity index is 0.000000774. The molecule has 0 N–H and O–H groups in total. The monoisotopic (exact) mass is 291 g/mol. The van der Waals surface area contributed by atoms with Crippen molar-refractivity contribution in [2.45, 2.75) is 39.2 Å². The second-order valence-corrected chi connectivity index (χ2v) is 5.95. The number of likely N-dealkylation sites (N-methyl/N-ethyl adjacent to an activating group) is 1. The minimum absolute atomic E-state index is 0.529. The van der Waals surface area contributed by atoms with Gasteiger partial charge in [0.05, 0.1) is 6.61 Å². The highest BCUT2D eigenvalue weighted by Gasteiger charge is 2.32. The van der Waals surface area contributed by atoms with Gasteiger partial charge in [-0.3, -0.25) is 0 Å². The van der Waals surface area contributed by atoms with Crippen LogP contribution in [0.5, 0.6) is 0 Å². The molecule has 0 bridgehead atoms. The van der Waals surface area contributed by atoms with Crippen molar-refractivity contribution in [3.05, 3.63) is 23.4 Å². The zero-order valence-electron chi connectivity index (χ0n) is 14.1. The van der Waals surface area contributed by atoms with E-state index in [0.717, 1.165) is 38.4 Å². The van der Waals surface area contributed by atoms with Gasteiger partial charge in [-0.25, -0.2) is 4.98 Å². The Labute approximate surface area is 129 Å². The number of ether oxygens (including phenoxy) is 1. The summed E-state index contributed by atoms with van der Waals surface area (Å²) in [6.07, 6.45) is 1.13.